The number of hydrogen-bond donors (Lipinski definition) is 3. The van der Waals surface area contributed by atoms with Crippen molar-refractivity contribution in [2.24, 2.45) is 10.9 Å². The molecule has 0 aliphatic carbocycles. The van der Waals surface area contributed by atoms with Gasteiger partial charge in [0, 0.05) is 18.0 Å². The number of oxime groups is 1. The minimum atomic E-state index is -0.657. The summed E-state index contributed by atoms with van der Waals surface area (Å²) in [6.45, 7) is 0.140. The molecule has 17 heavy (non-hydrogen) atoms. The molecule has 0 aromatic heterocycles. The predicted molar refractivity (Wildman–Crippen MR) is 61.8 cm³/mol. The molecule has 1 aromatic carbocycles. The van der Waals surface area contributed by atoms with Gasteiger partial charge in [0.05, 0.1) is 5.56 Å². The summed E-state index contributed by atoms with van der Waals surface area (Å²) in [6.07, 6.45) is 0.171. The third-order valence-electron chi connectivity index (χ3n) is 1.97. The average molecular weight is 260 g/mol. The van der Waals surface area contributed by atoms with Crippen LogP contribution in [0.25, 0.3) is 0 Å². The SMILES string of the molecule is NC(CCNC(=O)c1cc(Cl)ccc1F)=NO. The highest BCUT2D eigenvalue weighted by Crippen LogP contribution is 2.14. The number of benzene rings is 1. The molecule has 1 aromatic rings. The summed E-state index contributed by atoms with van der Waals surface area (Å²) in [5.41, 5.74) is 5.06. The summed E-state index contributed by atoms with van der Waals surface area (Å²) in [7, 11) is 0. The van der Waals surface area contributed by atoms with Gasteiger partial charge in [0.2, 0.25) is 0 Å². The highest BCUT2D eigenvalue weighted by atomic mass is 35.5. The largest absolute Gasteiger partial charge is 0.409 e. The lowest BCUT2D eigenvalue weighted by molar-refractivity contribution is 0.0950. The Balaban J connectivity index is 2.61. The van der Waals surface area contributed by atoms with Gasteiger partial charge in [-0.2, -0.15) is 0 Å². The Morgan fingerprint density at radius 3 is 2.94 bits per heavy atom. The van der Waals surface area contributed by atoms with Gasteiger partial charge >= 0.3 is 0 Å². The van der Waals surface area contributed by atoms with Gasteiger partial charge in [0.1, 0.15) is 11.7 Å². The Kier molecular flexibility index (Phi) is 4.71. The molecule has 0 radical (unpaired) electrons. The van der Waals surface area contributed by atoms with Crippen molar-refractivity contribution in [3.05, 3.63) is 34.6 Å². The molecule has 0 saturated carbocycles. The van der Waals surface area contributed by atoms with Crippen molar-refractivity contribution in [2.45, 2.75) is 6.42 Å². The molecular formula is C10H11ClFN3O2. The Morgan fingerprint density at radius 1 is 1.59 bits per heavy atom. The number of nitrogens with two attached hydrogens (primary N) is 1. The fourth-order valence-corrected chi connectivity index (χ4v) is 1.29. The number of halogens is 2. The standard InChI is InChI=1S/C10H11ClFN3O2/c11-6-1-2-8(12)7(5-6)10(16)14-4-3-9(13)15-17/h1-2,5,17H,3-4H2,(H2,13,15)(H,14,16). The second-order valence-electron chi connectivity index (χ2n) is 3.22. The van der Waals surface area contributed by atoms with E-state index >= 15 is 0 Å². The van der Waals surface area contributed by atoms with Crippen molar-refractivity contribution >= 4 is 23.3 Å². The number of nitrogens with zero attached hydrogens (tertiary/aromatic N) is 1. The Hall–Kier alpha value is -1.82. The van der Waals surface area contributed by atoms with E-state index in [-0.39, 0.29) is 29.4 Å². The first-order valence-corrected chi connectivity index (χ1v) is 5.12. The van der Waals surface area contributed by atoms with E-state index in [1.54, 1.807) is 0 Å². The quantitative estimate of drug-likeness (QED) is 0.330. The molecule has 0 fully saturated rings. The monoisotopic (exact) mass is 259 g/mol. The van der Waals surface area contributed by atoms with Crippen LogP contribution in [0.2, 0.25) is 5.02 Å². The van der Waals surface area contributed by atoms with Crippen LogP contribution in [0.3, 0.4) is 0 Å². The molecule has 0 heterocycles. The first-order valence-electron chi connectivity index (χ1n) is 4.74. The molecule has 0 unspecified atom stereocenters. The van der Waals surface area contributed by atoms with Crippen LogP contribution in [0.5, 0.6) is 0 Å². The first kappa shape index (κ1) is 13.2. The fraction of sp³-hybridized carbons (Fsp3) is 0.200. The third-order valence-corrected chi connectivity index (χ3v) is 2.20. The van der Waals surface area contributed by atoms with Gasteiger partial charge in [-0.1, -0.05) is 16.8 Å². The van der Waals surface area contributed by atoms with E-state index in [0.717, 1.165) is 6.07 Å². The summed E-state index contributed by atoms with van der Waals surface area (Å²) in [6, 6.07) is 3.70. The van der Waals surface area contributed by atoms with Crippen LogP contribution in [0.1, 0.15) is 16.8 Å². The van der Waals surface area contributed by atoms with Gasteiger partial charge in [0.25, 0.3) is 5.91 Å². The molecule has 92 valence electrons. The predicted octanol–water partition coefficient (Wildman–Crippen LogP) is 1.35. The van der Waals surface area contributed by atoms with Crippen LogP contribution < -0.4 is 11.1 Å². The molecule has 0 spiro atoms. The van der Waals surface area contributed by atoms with Gasteiger partial charge in [-0.05, 0) is 18.2 Å². The van der Waals surface area contributed by atoms with Gasteiger partial charge < -0.3 is 16.3 Å². The Bertz CT molecular complexity index is 451. The number of nitrogens with one attached hydrogen (secondary N) is 1. The average Bonchev–Trinajstić information content (AvgIpc) is 2.31. The Morgan fingerprint density at radius 2 is 2.29 bits per heavy atom. The van der Waals surface area contributed by atoms with Crippen molar-refractivity contribution in [1.29, 1.82) is 0 Å². The number of amidine groups is 1. The summed E-state index contributed by atoms with van der Waals surface area (Å²) in [5.74, 6) is -1.27. The van der Waals surface area contributed by atoms with Crippen molar-refractivity contribution < 1.29 is 14.4 Å². The Labute approximate surface area is 102 Å². The number of carbonyl (C=O) groups is 1. The molecule has 0 aliphatic heterocycles. The molecular weight excluding hydrogens is 249 g/mol. The van der Waals surface area contributed by atoms with Crippen molar-refractivity contribution in [3.8, 4) is 0 Å². The van der Waals surface area contributed by atoms with Gasteiger partial charge in [-0.3, -0.25) is 4.79 Å². The van der Waals surface area contributed by atoms with Crippen molar-refractivity contribution in [2.75, 3.05) is 6.54 Å². The topological polar surface area (TPSA) is 87.7 Å². The van der Waals surface area contributed by atoms with Gasteiger partial charge in [-0.15, -0.1) is 0 Å². The lowest BCUT2D eigenvalue weighted by Crippen LogP contribution is -2.28. The zero-order valence-corrected chi connectivity index (χ0v) is 9.54. The summed E-state index contributed by atoms with van der Waals surface area (Å²) >= 11 is 5.65. The zero-order valence-electron chi connectivity index (χ0n) is 8.78. The highest BCUT2D eigenvalue weighted by Gasteiger charge is 2.11. The smallest absolute Gasteiger partial charge is 0.254 e. The molecule has 5 nitrogen and oxygen atoms in total. The number of amides is 1. The van der Waals surface area contributed by atoms with Crippen molar-refractivity contribution in [3.63, 3.8) is 0 Å². The number of carbonyl (C=O) groups excluding carboxylic acids is 1. The molecule has 1 amide bonds. The summed E-state index contributed by atoms with van der Waals surface area (Å²) in [5, 5.41) is 13.7. The van der Waals surface area contributed by atoms with Crippen LogP contribution in [0.15, 0.2) is 23.4 Å². The number of rotatable bonds is 4. The molecule has 4 N–H and O–H groups in total. The van der Waals surface area contributed by atoms with Crippen LogP contribution >= 0.6 is 11.6 Å². The van der Waals surface area contributed by atoms with Crippen LogP contribution in [0.4, 0.5) is 4.39 Å². The van der Waals surface area contributed by atoms with E-state index < -0.39 is 11.7 Å². The minimum Gasteiger partial charge on any atom is -0.409 e. The summed E-state index contributed by atoms with van der Waals surface area (Å²) < 4.78 is 13.3. The van der Waals surface area contributed by atoms with E-state index in [0.29, 0.717) is 0 Å². The van der Waals surface area contributed by atoms with E-state index in [1.165, 1.54) is 12.1 Å². The molecule has 7 heteroatoms. The van der Waals surface area contributed by atoms with Crippen molar-refractivity contribution in [1.82, 2.24) is 5.32 Å². The van der Waals surface area contributed by atoms with Crippen LogP contribution in [0, 0.1) is 5.82 Å². The number of hydrogen-bond acceptors (Lipinski definition) is 3. The lowest BCUT2D eigenvalue weighted by Gasteiger charge is -2.05. The first-order chi connectivity index (χ1) is 8.04. The zero-order chi connectivity index (χ0) is 12.8. The minimum absolute atomic E-state index is 0.0168. The maximum Gasteiger partial charge on any atom is 0.254 e. The maximum atomic E-state index is 13.3. The maximum absolute atomic E-state index is 13.3. The van der Waals surface area contributed by atoms with Gasteiger partial charge in [-0.25, -0.2) is 4.39 Å². The molecule has 0 aliphatic rings. The second-order valence-corrected chi connectivity index (χ2v) is 3.66. The molecule has 0 saturated heterocycles. The van der Waals surface area contributed by atoms with E-state index in [4.69, 9.17) is 22.5 Å². The van der Waals surface area contributed by atoms with Crippen LogP contribution in [-0.2, 0) is 0 Å². The third kappa shape index (κ3) is 3.92. The normalized spacial score (nSPS) is 11.3. The highest BCUT2D eigenvalue weighted by molar-refractivity contribution is 6.31. The second kappa shape index (κ2) is 6.05. The van der Waals surface area contributed by atoms with Gasteiger partial charge in [0.15, 0.2) is 0 Å². The molecule has 0 bridgehead atoms. The summed E-state index contributed by atoms with van der Waals surface area (Å²) in [4.78, 5) is 11.5. The van der Waals surface area contributed by atoms with E-state index in [2.05, 4.69) is 10.5 Å². The molecule has 0 atom stereocenters. The molecule has 1 rings (SSSR count). The lowest BCUT2D eigenvalue weighted by atomic mass is 10.2. The van der Waals surface area contributed by atoms with E-state index in [9.17, 15) is 9.18 Å². The van der Waals surface area contributed by atoms with E-state index in [1.807, 2.05) is 0 Å². The van der Waals surface area contributed by atoms with Crippen LogP contribution in [-0.4, -0.2) is 23.5 Å². The fourth-order valence-electron chi connectivity index (χ4n) is 1.12.